The molecule has 0 spiro atoms. The zero-order valence-electron chi connectivity index (χ0n) is 16.9. The van der Waals surface area contributed by atoms with Gasteiger partial charge in [0.1, 0.15) is 0 Å². The lowest BCUT2D eigenvalue weighted by Crippen LogP contribution is -2.33. The van der Waals surface area contributed by atoms with Crippen LogP contribution in [0.5, 0.6) is 11.5 Å². The van der Waals surface area contributed by atoms with Crippen molar-refractivity contribution in [3.05, 3.63) is 65.7 Å². The molecule has 0 aromatic heterocycles. The molecule has 2 aromatic carbocycles. The molecule has 0 radical (unpaired) electrons. The van der Waals surface area contributed by atoms with Crippen LogP contribution in [-0.2, 0) is 4.79 Å². The molecule has 0 heterocycles. The Morgan fingerprint density at radius 2 is 1.69 bits per heavy atom. The van der Waals surface area contributed by atoms with E-state index >= 15 is 0 Å². The molecule has 2 rings (SSSR count). The second-order valence-electron chi connectivity index (χ2n) is 6.23. The average Bonchev–Trinajstić information content (AvgIpc) is 2.75. The molecule has 0 atom stereocenters. The van der Waals surface area contributed by atoms with Gasteiger partial charge in [0.05, 0.1) is 13.2 Å². The van der Waals surface area contributed by atoms with E-state index in [1.165, 1.54) is 6.08 Å². The summed E-state index contributed by atoms with van der Waals surface area (Å²) in [5.74, 6) is 0.962. The minimum absolute atomic E-state index is 0.163. The highest BCUT2D eigenvalue weighted by Gasteiger charge is 2.06. The van der Waals surface area contributed by atoms with Crippen LogP contribution in [0.2, 0.25) is 0 Å². The summed E-state index contributed by atoms with van der Waals surface area (Å²) in [7, 11) is 0. The van der Waals surface area contributed by atoms with Gasteiger partial charge in [-0.15, -0.1) is 0 Å². The van der Waals surface area contributed by atoms with Crippen molar-refractivity contribution in [3.8, 4) is 11.5 Å². The third kappa shape index (κ3) is 7.70. The Kier molecular flexibility index (Phi) is 9.29. The molecule has 2 amide bonds. The molecule has 154 valence electrons. The van der Waals surface area contributed by atoms with Crippen LogP contribution in [0.3, 0.4) is 0 Å². The topological polar surface area (TPSA) is 76.7 Å². The fraction of sp³-hybridized carbons (Fsp3) is 0.304. The highest BCUT2D eigenvalue weighted by Crippen LogP contribution is 2.29. The molecule has 2 aromatic rings. The largest absolute Gasteiger partial charge is 0.490 e. The van der Waals surface area contributed by atoms with Gasteiger partial charge < -0.3 is 20.1 Å². The smallest absolute Gasteiger partial charge is 0.251 e. The van der Waals surface area contributed by atoms with Gasteiger partial charge in [0.15, 0.2) is 11.5 Å². The van der Waals surface area contributed by atoms with Gasteiger partial charge in [-0.3, -0.25) is 9.59 Å². The van der Waals surface area contributed by atoms with Crippen LogP contribution in [0, 0.1) is 0 Å². The van der Waals surface area contributed by atoms with Crippen molar-refractivity contribution < 1.29 is 19.1 Å². The number of ether oxygens (including phenoxy) is 2. The fourth-order valence-electron chi connectivity index (χ4n) is 2.51. The summed E-state index contributed by atoms with van der Waals surface area (Å²) in [5, 5.41) is 5.51. The lowest BCUT2D eigenvalue weighted by molar-refractivity contribution is -0.116. The Bertz CT molecular complexity index is 819. The third-order valence-corrected chi connectivity index (χ3v) is 3.90. The van der Waals surface area contributed by atoms with Gasteiger partial charge in [0.25, 0.3) is 5.91 Å². The zero-order chi connectivity index (χ0) is 20.9. The summed E-state index contributed by atoms with van der Waals surface area (Å²) in [6, 6.07) is 14.5. The number of hydrogen-bond donors (Lipinski definition) is 2. The zero-order valence-corrected chi connectivity index (χ0v) is 16.9. The van der Waals surface area contributed by atoms with Gasteiger partial charge in [-0.2, -0.15) is 0 Å². The van der Waals surface area contributed by atoms with E-state index in [-0.39, 0.29) is 11.8 Å². The molecule has 0 unspecified atom stereocenters. The van der Waals surface area contributed by atoms with E-state index in [1.807, 2.05) is 38.1 Å². The lowest BCUT2D eigenvalue weighted by atomic mass is 10.2. The summed E-state index contributed by atoms with van der Waals surface area (Å²) in [4.78, 5) is 23.9. The van der Waals surface area contributed by atoms with Crippen LogP contribution in [-0.4, -0.2) is 38.1 Å². The Morgan fingerprint density at radius 3 is 2.41 bits per heavy atom. The molecular weight excluding hydrogens is 368 g/mol. The van der Waals surface area contributed by atoms with E-state index in [0.717, 1.165) is 12.0 Å². The van der Waals surface area contributed by atoms with Crippen LogP contribution in [0.1, 0.15) is 36.2 Å². The number of benzene rings is 2. The molecule has 0 bridgehead atoms. The van der Waals surface area contributed by atoms with Gasteiger partial charge in [-0.1, -0.05) is 31.2 Å². The summed E-state index contributed by atoms with van der Waals surface area (Å²) < 4.78 is 11.3. The minimum Gasteiger partial charge on any atom is -0.490 e. The molecule has 6 nitrogen and oxygen atoms in total. The monoisotopic (exact) mass is 396 g/mol. The fourth-order valence-corrected chi connectivity index (χ4v) is 2.51. The van der Waals surface area contributed by atoms with Crippen LogP contribution in [0.25, 0.3) is 6.08 Å². The van der Waals surface area contributed by atoms with Crippen LogP contribution < -0.4 is 20.1 Å². The molecule has 0 saturated carbocycles. The van der Waals surface area contributed by atoms with Crippen molar-refractivity contribution in [1.29, 1.82) is 0 Å². The predicted octanol–water partition coefficient (Wildman–Crippen LogP) is 3.43. The van der Waals surface area contributed by atoms with Gasteiger partial charge in [0.2, 0.25) is 5.91 Å². The number of hydrogen-bond acceptors (Lipinski definition) is 4. The minimum atomic E-state index is -0.233. The van der Waals surface area contributed by atoms with Gasteiger partial charge in [0, 0.05) is 24.7 Å². The standard InChI is InChI=1S/C23H28N2O4/c1-3-16-29-20-12-10-18(17-21(20)28-4-2)11-13-22(26)24-14-15-25-23(27)19-8-6-5-7-9-19/h5-13,17H,3-4,14-16H2,1-2H3,(H,24,26)(H,25,27)/b13-11+. The van der Waals surface area contributed by atoms with Crippen LogP contribution in [0.15, 0.2) is 54.6 Å². The van der Waals surface area contributed by atoms with Crippen molar-refractivity contribution in [3.63, 3.8) is 0 Å². The molecule has 0 saturated heterocycles. The highest BCUT2D eigenvalue weighted by atomic mass is 16.5. The molecular formula is C23H28N2O4. The summed E-state index contributed by atoms with van der Waals surface area (Å²) in [6.45, 7) is 5.81. The number of rotatable bonds is 11. The van der Waals surface area contributed by atoms with Crippen molar-refractivity contribution in [1.82, 2.24) is 10.6 Å². The van der Waals surface area contributed by atoms with Crippen molar-refractivity contribution in [2.45, 2.75) is 20.3 Å². The van der Waals surface area contributed by atoms with Crippen molar-refractivity contribution in [2.75, 3.05) is 26.3 Å². The molecule has 0 fully saturated rings. The van der Waals surface area contributed by atoms with Gasteiger partial charge >= 0.3 is 0 Å². The van der Waals surface area contributed by atoms with Crippen molar-refractivity contribution >= 4 is 17.9 Å². The Balaban J connectivity index is 1.80. The van der Waals surface area contributed by atoms with Crippen LogP contribution in [0.4, 0.5) is 0 Å². The first kappa shape index (κ1) is 22.0. The first-order chi connectivity index (χ1) is 14.1. The molecule has 6 heteroatoms. The number of nitrogens with one attached hydrogen (secondary N) is 2. The van der Waals surface area contributed by atoms with Gasteiger partial charge in [-0.25, -0.2) is 0 Å². The highest BCUT2D eigenvalue weighted by molar-refractivity contribution is 5.94. The number of carbonyl (C=O) groups excluding carboxylic acids is 2. The third-order valence-electron chi connectivity index (χ3n) is 3.90. The second-order valence-corrected chi connectivity index (χ2v) is 6.23. The second kappa shape index (κ2) is 12.2. The average molecular weight is 396 g/mol. The summed E-state index contributed by atoms with van der Waals surface area (Å²) >= 11 is 0. The lowest BCUT2D eigenvalue weighted by Gasteiger charge is -2.12. The maximum Gasteiger partial charge on any atom is 0.251 e. The number of amides is 2. The quantitative estimate of drug-likeness (QED) is 0.451. The van der Waals surface area contributed by atoms with Crippen LogP contribution >= 0.6 is 0 Å². The Hall–Kier alpha value is -3.28. The predicted molar refractivity (Wildman–Crippen MR) is 114 cm³/mol. The Labute approximate surface area is 171 Å². The first-order valence-electron chi connectivity index (χ1n) is 9.82. The van der Waals surface area contributed by atoms with E-state index in [4.69, 9.17) is 9.47 Å². The SMILES string of the molecule is CCCOc1ccc(/C=C/C(=O)NCCNC(=O)c2ccccc2)cc1OCC. The summed E-state index contributed by atoms with van der Waals surface area (Å²) in [6.07, 6.45) is 4.08. The molecule has 0 aliphatic heterocycles. The van der Waals surface area contributed by atoms with E-state index in [0.29, 0.717) is 43.4 Å². The van der Waals surface area contributed by atoms with E-state index in [2.05, 4.69) is 10.6 Å². The Morgan fingerprint density at radius 1 is 0.931 bits per heavy atom. The maximum atomic E-state index is 12.0. The normalized spacial score (nSPS) is 10.6. The molecule has 2 N–H and O–H groups in total. The molecule has 29 heavy (non-hydrogen) atoms. The van der Waals surface area contributed by atoms with E-state index < -0.39 is 0 Å². The van der Waals surface area contributed by atoms with Crippen molar-refractivity contribution in [2.24, 2.45) is 0 Å². The molecule has 0 aliphatic carbocycles. The molecule has 0 aliphatic rings. The van der Waals surface area contributed by atoms with E-state index in [1.54, 1.807) is 30.3 Å². The van der Waals surface area contributed by atoms with Gasteiger partial charge in [-0.05, 0) is 49.2 Å². The maximum absolute atomic E-state index is 12.0. The summed E-state index contributed by atoms with van der Waals surface area (Å²) in [5.41, 5.74) is 1.43. The number of carbonyl (C=O) groups is 2. The first-order valence-corrected chi connectivity index (χ1v) is 9.82. The van der Waals surface area contributed by atoms with E-state index in [9.17, 15) is 9.59 Å².